The maximum absolute atomic E-state index is 11.4. The van der Waals surface area contributed by atoms with E-state index < -0.39 is 0 Å². The van der Waals surface area contributed by atoms with Gasteiger partial charge in [0.15, 0.2) is 6.10 Å². The van der Waals surface area contributed by atoms with E-state index in [1.54, 1.807) is 0 Å². The molecule has 3 heteroatoms. The highest BCUT2D eigenvalue weighted by molar-refractivity contribution is 5.83. The molecule has 0 bridgehead atoms. The van der Waals surface area contributed by atoms with E-state index in [1.165, 1.54) is 12.8 Å². The summed E-state index contributed by atoms with van der Waals surface area (Å²) in [7, 11) is 0. The third kappa shape index (κ3) is 2.44. The molecule has 1 aliphatic carbocycles. The molecule has 3 nitrogen and oxygen atoms in total. The minimum absolute atomic E-state index is 0.102. The van der Waals surface area contributed by atoms with Crippen LogP contribution in [0.15, 0.2) is 0 Å². The Hall–Kier alpha value is -0.570. The van der Waals surface area contributed by atoms with E-state index in [0.29, 0.717) is 0 Å². The van der Waals surface area contributed by atoms with E-state index in [0.717, 1.165) is 25.3 Å². The molecule has 2 rings (SSSR count). The van der Waals surface area contributed by atoms with Gasteiger partial charge < -0.3 is 10.1 Å². The zero-order chi connectivity index (χ0) is 9.26. The molecule has 2 unspecified atom stereocenters. The van der Waals surface area contributed by atoms with Gasteiger partial charge in [-0.1, -0.05) is 13.3 Å². The first-order valence-electron chi connectivity index (χ1n) is 5.24. The zero-order valence-corrected chi connectivity index (χ0v) is 8.08. The Morgan fingerprint density at radius 2 is 2.31 bits per heavy atom. The summed E-state index contributed by atoms with van der Waals surface area (Å²) in [6.45, 7) is 2.97. The van der Waals surface area contributed by atoms with Crippen molar-refractivity contribution in [2.75, 3.05) is 6.54 Å². The first-order valence-corrected chi connectivity index (χ1v) is 5.24. The Balaban J connectivity index is 1.61. The molecule has 0 spiro atoms. The van der Waals surface area contributed by atoms with Crippen LogP contribution in [-0.4, -0.2) is 24.7 Å². The van der Waals surface area contributed by atoms with Crippen LogP contribution in [0, 0.1) is 5.92 Å². The van der Waals surface area contributed by atoms with Crippen molar-refractivity contribution in [3.8, 4) is 0 Å². The number of hydrogen-bond donors (Lipinski definition) is 1. The molecule has 1 heterocycles. The molecule has 0 aromatic heterocycles. The van der Waals surface area contributed by atoms with Gasteiger partial charge in [0, 0.05) is 6.54 Å². The van der Waals surface area contributed by atoms with Crippen LogP contribution in [0.1, 0.15) is 32.6 Å². The normalized spacial score (nSPS) is 31.5. The smallest absolute Gasteiger partial charge is 0.251 e. The Labute approximate surface area is 78.8 Å². The first-order chi connectivity index (χ1) is 6.31. The lowest BCUT2D eigenvalue weighted by Gasteiger charge is -1.99. The quantitative estimate of drug-likeness (QED) is 0.648. The lowest BCUT2D eigenvalue weighted by atomic mass is 10.2. The van der Waals surface area contributed by atoms with Crippen LogP contribution in [0.2, 0.25) is 0 Å². The van der Waals surface area contributed by atoms with Gasteiger partial charge in [0.05, 0.1) is 6.10 Å². The molecular formula is C10H17NO2. The summed E-state index contributed by atoms with van der Waals surface area (Å²) in [4.78, 5) is 11.4. The summed E-state index contributed by atoms with van der Waals surface area (Å²) in [6.07, 6.45) is 4.76. The second-order valence-corrected chi connectivity index (χ2v) is 4.07. The molecule has 1 amide bonds. The predicted molar refractivity (Wildman–Crippen MR) is 49.3 cm³/mol. The maximum Gasteiger partial charge on any atom is 0.251 e. The molecule has 74 valence electrons. The van der Waals surface area contributed by atoms with Crippen molar-refractivity contribution in [2.45, 2.75) is 44.8 Å². The molecule has 0 aromatic rings. The van der Waals surface area contributed by atoms with Gasteiger partial charge in [0.2, 0.25) is 0 Å². The minimum atomic E-state index is -0.126. The van der Waals surface area contributed by atoms with Crippen LogP contribution in [0.3, 0.4) is 0 Å². The number of carbonyl (C=O) groups is 1. The zero-order valence-electron chi connectivity index (χ0n) is 8.08. The summed E-state index contributed by atoms with van der Waals surface area (Å²) in [5.74, 6) is 0.859. The number of nitrogens with one attached hydrogen (secondary N) is 1. The number of rotatable bonds is 5. The number of epoxide rings is 1. The number of carbonyl (C=O) groups excluding carboxylic acids is 1. The van der Waals surface area contributed by atoms with Gasteiger partial charge in [0.1, 0.15) is 0 Å². The van der Waals surface area contributed by atoms with Crippen molar-refractivity contribution in [1.82, 2.24) is 5.32 Å². The van der Waals surface area contributed by atoms with E-state index >= 15 is 0 Å². The van der Waals surface area contributed by atoms with Gasteiger partial charge in [0.25, 0.3) is 5.91 Å². The van der Waals surface area contributed by atoms with Crippen LogP contribution in [0.25, 0.3) is 0 Å². The van der Waals surface area contributed by atoms with Gasteiger partial charge in [-0.25, -0.2) is 0 Å². The van der Waals surface area contributed by atoms with E-state index in [2.05, 4.69) is 12.2 Å². The fraction of sp³-hybridized carbons (Fsp3) is 0.900. The molecule has 13 heavy (non-hydrogen) atoms. The first kappa shape index (κ1) is 9.00. The highest BCUT2D eigenvalue weighted by atomic mass is 16.6. The predicted octanol–water partition coefficient (Wildman–Crippen LogP) is 1.08. The van der Waals surface area contributed by atoms with E-state index in [9.17, 15) is 4.79 Å². The molecule has 2 fully saturated rings. The average molecular weight is 183 g/mol. The van der Waals surface area contributed by atoms with Gasteiger partial charge in [-0.15, -0.1) is 0 Å². The van der Waals surface area contributed by atoms with Gasteiger partial charge in [-0.3, -0.25) is 4.79 Å². The summed E-state index contributed by atoms with van der Waals surface area (Å²) in [6, 6.07) is 0. The van der Waals surface area contributed by atoms with Crippen LogP contribution < -0.4 is 5.32 Å². The molecule has 2 atom stereocenters. The average Bonchev–Trinajstić information content (AvgIpc) is 2.96. The van der Waals surface area contributed by atoms with Crippen molar-refractivity contribution < 1.29 is 9.53 Å². The molecule has 1 N–H and O–H groups in total. The number of ether oxygens (including phenoxy) is 1. The largest absolute Gasteiger partial charge is 0.359 e. The van der Waals surface area contributed by atoms with Crippen molar-refractivity contribution in [1.29, 1.82) is 0 Å². The summed E-state index contributed by atoms with van der Waals surface area (Å²) < 4.78 is 5.26. The minimum Gasteiger partial charge on any atom is -0.359 e. The molecule has 0 aromatic carbocycles. The molecular weight excluding hydrogens is 166 g/mol. The Kier molecular flexibility index (Phi) is 2.54. The van der Waals surface area contributed by atoms with Gasteiger partial charge >= 0.3 is 0 Å². The standard InChI is InChI=1S/C10H17NO2/c1-2-3-8-9(13-8)10(12)11-6-7-4-5-7/h7-9H,2-6H2,1H3,(H,11,12). The van der Waals surface area contributed by atoms with E-state index in [1.807, 2.05) is 0 Å². The lowest BCUT2D eigenvalue weighted by Crippen LogP contribution is -2.30. The van der Waals surface area contributed by atoms with Gasteiger partial charge in [-0.05, 0) is 25.2 Å². The van der Waals surface area contributed by atoms with Crippen LogP contribution in [-0.2, 0) is 9.53 Å². The highest BCUT2D eigenvalue weighted by Crippen LogP contribution is 2.29. The number of amides is 1. The van der Waals surface area contributed by atoms with Crippen molar-refractivity contribution in [2.24, 2.45) is 5.92 Å². The molecule has 2 aliphatic rings. The fourth-order valence-electron chi connectivity index (χ4n) is 1.55. The molecule has 1 aliphatic heterocycles. The lowest BCUT2D eigenvalue weighted by molar-refractivity contribution is -0.122. The van der Waals surface area contributed by atoms with Crippen molar-refractivity contribution >= 4 is 5.91 Å². The SMILES string of the molecule is CCCC1OC1C(=O)NCC1CC1. The highest BCUT2D eigenvalue weighted by Gasteiger charge is 2.44. The third-order valence-electron chi connectivity index (χ3n) is 2.68. The van der Waals surface area contributed by atoms with E-state index in [-0.39, 0.29) is 18.1 Å². The Morgan fingerprint density at radius 3 is 2.92 bits per heavy atom. The summed E-state index contributed by atoms with van der Waals surface area (Å²) in [5.41, 5.74) is 0. The molecule has 1 saturated heterocycles. The monoisotopic (exact) mass is 183 g/mol. The Morgan fingerprint density at radius 1 is 1.54 bits per heavy atom. The summed E-state index contributed by atoms with van der Waals surface area (Å²) in [5, 5.41) is 2.93. The van der Waals surface area contributed by atoms with Crippen LogP contribution in [0.4, 0.5) is 0 Å². The number of hydrogen-bond acceptors (Lipinski definition) is 2. The van der Waals surface area contributed by atoms with Crippen LogP contribution >= 0.6 is 0 Å². The summed E-state index contributed by atoms with van der Waals surface area (Å²) >= 11 is 0. The van der Waals surface area contributed by atoms with Crippen molar-refractivity contribution in [3.63, 3.8) is 0 Å². The maximum atomic E-state index is 11.4. The molecule has 0 radical (unpaired) electrons. The third-order valence-corrected chi connectivity index (χ3v) is 2.68. The van der Waals surface area contributed by atoms with Crippen molar-refractivity contribution in [3.05, 3.63) is 0 Å². The fourth-order valence-corrected chi connectivity index (χ4v) is 1.55. The van der Waals surface area contributed by atoms with E-state index in [4.69, 9.17) is 4.74 Å². The molecule has 1 saturated carbocycles. The second-order valence-electron chi connectivity index (χ2n) is 4.07. The second kappa shape index (κ2) is 3.66. The van der Waals surface area contributed by atoms with Gasteiger partial charge in [-0.2, -0.15) is 0 Å². The Bertz CT molecular complexity index is 201. The topological polar surface area (TPSA) is 41.6 Å². The van der Waals surface area contributed by atoms with Crippen LogP contribution in [0.5, 0.6) is 0 Å².